The lowest BCUT2D eigenvalue weighted by molar-refractivity contribution is -0.108. The first-order chi connectivity index (χ1) is 9.83. The Kier molecular flexibility index (Phi) is 5.81. The Bertz CT molecular complexity index is 430. The van der Waals surface area contributed by atoms with Crippen molar-refractivity contribution >= 4 is 6.29 Å². The van der Waals surface area contributed by atoms with Crippen molar-refractivity contribution in [3.8, 4) is 5.75 Å². The molecule has 1 aromatic carbocycles. The van der Waals surface area contributed by atoms with Crippen LogP contribution in [0.5, 0.6) is 5.75 Å². The maximum Gasteiger partial charge on any atom is 0.199 e. The van der Waals surface area contributed by atoms with Gasteiger partial charge >= 0.3 is 0 Å². The van der Waals surface area contributed by atoms with Gasteiger partial charge in [-0.15, -0.1) is 0 Å². The smallest absolute Gasteiger partial charge is 0.199 e. The molecule has 1 heterocycles. The third-order valence-corrected chi connectivity index (χ3v) is 3.49. The van der Waals surface area contributed by atoms with Crippen molar-refractivity contribution in [3.05, 3.63) is 42.0 Å². The van der Waals surface area contributed by atoms with Gasteiger partial charge in [0.2, 0.25) is 0 Å². The number of aldehydes is 1. The van der Waals surface area contributed by atoms with E-state index in [9.17, 15) is 4.79 Å². The van der Waals surface area contributed by atoms with Crippen molar-refractivity contribution in [1.29, 1.82) is 0 Å². The highest BCUT2D eigenvalue weighted by Gasteiger charge is 2.15. The normalized spacial score (nSPS) is 20.8. The molecule has 1 aromatic rings. The quantitative estimate of drug-likeness (QED) is 0.584. The van der Waals surface area contributed by atoms with Crippen molar-refractivity contribution in [2.45, 2.75) is 44.8 Å². The van der Waals surface area contributed by atoms with Crippen molar-refractivity contribution in [3.63, 3.8) is 0 Å². The molecule has 1 unspecified atom stereocenters. The third-order valence-electron chi connectivity index (χ3n) is 3.49. The second kappa shape index (κ2) is 7.85. The minimum absolute atomic E-state index is 0.115. The summed E-state index contributed by atoms with van der Waals surface area (Å²) in [5.74, 6) is 0.975. The fraction of sp³-hybridized carbons (Fsp3) is 0.471. The second-order valence-electron chi connectivity index (χ2n) is 5.02. The van der Waals surface area contributed by atoms with Crippen molar-refractivity contribution in [2.75, 3.05) is 6.61 Å². The van der Waals surface area contributed by atoms with Gasteiger partial charge < -0.3 is 14.3 Å². The average molecular weight is 274 g/mol. The molecule has 1 saturated heterocycles. The maximum atomic E-state index is 10.7. The molecule has 0 aliphatic carbocycles. The summed E-state index contributed by atoms with van der Waals surface area (Å²) in [6.45, 7) is 2.75. The molecule has 0 aromatic heterocycles. The number of benzene rings is 1. The summed E-state index contributed by atoms with van der Waals surface area (Å²) >= 11 is 0. The molecule has 1 fully saturated rings. The summed E-state index contributed by atoms with van der Waals surface area (Å²) in [5, 5.41) is 0. The highest BCUT2D eigenvalue weighted by molar-refractivity contribution is 5.53. The zero-order valence-electron chi connectivity index (χ0n) is 12.0. The zero-order chi connectivity index (χ0) is 14.2. The molecule has 2 atom stereocenters. The maximum absolute atomic E-state index is 10.7. The highest BCUT2D eigenvalue weighted by Crippen LogP contribution is 2.25. The van der Waals surface area contributed by atoms with Crippen molar-refractivity contribution in [2.24, 2.45) is 0 Å². The molecule has 1 aliphatic rings. The predicted molar refractivity (Wildman–Crippen MR) is 78.9 cm³/mol. The zero-order valence-corrected chi connectivity index (χ0v) is 12.0. The van der Waals surface area contributed by atoms with E-state index in [0.29, 0.717) is 6.42 Å². The van der Waals surface area contributed by atoms with E-state index in [4.69, 9.17) is 9.47 Å². The number of carbonyl (C=O) groups excluding carboxylic acids is 1. The van der Waals surface area contributed by atoms with Gasteiger partial charge in [0, 0.05) is 18.8 Å². The first-order valence-electron chi connectivity index (χ1n) is 7.28. The molecule has 108 valence electrons. The van der Waals surface area contributed by atoms with Crippen molar-refractivity contribution < 1.29 is 14.3 Å². The highest BCUT2D eigenvalue weighted by atomic mass is 16.7. The molecule has 1 aliphatic heterocycles. The van der Waals surface area contributed by atoms with Gasteiger partial charge in [0.25, 0.3) is 0 Å². The van der Waals surface area contributed by atoms with E-state index in [0.717, 1.165) is 43.5 Å². The van der Waals surface area contributed by atoms with E-state index < -0.39 is 0 Å². The Morgan fingerprint density at radius 1 is 1.35 bits per heavy atom. The van der Waals surface area contributed by atoms with E-state index >= 15 is 0 Å². The Balaban J connectivity index is 1.98. The van der Waals surface area contributed by atoms with E-state index in [-0.39, 0.29) is 12.2 Å². The van der Waals surface area contributed by atoms with Crippen LogP contribution in [-0.2, 0) is 9.53 Å². The second-order valence-corrected chi connectivity index (χ2v) is 5.02. The van der Waals surface area contributed by atoms with Crippen LogP contribution < -0.4 is 4.74 Å². The summed E-state index contributed by atoms with van der Waals surface area (Å²) < 4.78 is 11.4. The Hall–Kier alpha value is -1.61. The Labute approximate surface area is 120 Å². The summed E-state index contributed by atoms with van der Waals surface area (Å²) in [6, 6.07) is 7.95. The predicted octanol–water partition coefficient (Wildman–Crippen LogP) is 3.84. The molecule has 2 rings (SSSR count). The van der Waals surface area contributed by atoms with Crippen LogP contribution in [0, 0.1) is 0 Å². The lowest BCUT2D eigenvalue weighted by atomic mass is 9.96. The standard InChI is InChI=1S/C17H22O3/c1-2-5-14(11-12-18)15-7-9-16(10-8-15)20-17-6-3-4-13-19-17/h2,5,7-10,12,14,17H,3-4,6,11,13H2,1H3/b5-2+/t14-,17?/m1/s1. The van der Waals surface area contributed by atoms with Gasteiger partial charge in [0.1, 0.15) is 12.0 Å². The lowest BCUT2D eigenvalue weighted by Crippen LogP contribution is -2.24. The van der Waals surface area contributed by atoms with E-state index in [1.165, 1.54) is 0 Å². The summed E-state index contributed by atoms with van der Waals surface area (Å²) in [6.07, 6.45) is 8.62. The minimum atomic E-state index is -0.115. The SMILES string of the molecule is C/C=C/[C@H](CC=O)c1ccc(OC2CCCCO2)cc1. The molecule has 0 saturated carbocycles. The van der Waals surface area contributed by atoms with Gasteiger partial charge in [0.15, 0.2) is 6.29 Å². The van der Waals surface area contributed by atoms with Gasteiger partial charge in [0.05, 0.1) is 6.61 Å². The average Bonchev–Trinajstić information content (AvgIpc) is 2.49. The lowest BCUT2D eigenvalue weighted by Gasteiger charge is -2.23. The van der Waals surface area contributed by atoms with Crippen molar-refractivity contribution in [1.82, 2.24) is 0 Å². The molecule has 0 bridgehead atoms. The molecule has 3 heteroatoms. The number of ether oxygens (including phenoxy) is 2. The van der Waals surface area contributed by atoms with Crippen LogP contribution in [0.3, 0.4) is 0 Å². The summed E-state index contributed by atoms with van der Waals surface area (Å²) in [7, 11) is 0. The first kappa shape index (κ1) is 14.8. The van der Waals surface area contributed by atoms with Crippen LogP contribution in [-0.4, -0.2) is 19.2 Å². The summed E-state index contributed by atoms with van der Waals surface area (Å²) in [4.78, 5) is 10.7. The molecule has 0 N–H and O–H groups in total. The van der Waals surface area contributed by atoms with Gasteiger partial charge in [-0.05, 0) is 37.5 Å². The molecule has 0 spiro atoms. The third kappa shape index (κ3) is 4.20. The molecular formula is C17H22O3. The van der Waals surface area contributed by atoms with E-state index in [1.54, 1.807) is 0 Å². The topological polar surface area (TPSA) is 35.5 Å². The van der Waals surface area contributed by atoms with Gasteiger partial charge in [-0.1, -0.05) is 24.3 Å². The van der Waals surface area contributed by atoms with Crippen LogP contribution in [0.2, 0.25) is 0 Å². The van der Waals surface area contributed by atoms with Gasteiger partial charge in [-0.2, -0.15) is 0 Å². The number of carbonyl (C=O) groups is 1. The molecular weight excluding hydrogens is 252 g/mol. The fourth-order valence-electron chi connectivity index (χ4n) is 2.41. The van der Waals surface area contributed by atoms with E-state index in [1.807, 2.05) is 37.3 Å². The van der Waals surface area contributed by atoms with Crippen LogP contribution in [0.1, 0.15) is 44.1 Å². The number of hydrogen-bond donors (Lipinski definition) is 0. The van der Waals surface area contributed by atoms with E-state index in [2.05, 4.69) is 6.08 Å². The number of rotatable bonds is 6. The number of allylic oxidation sites excluding steroid dienone is 2. The van der Waals surface area contributed by atoms with Crippen LogP contribution in [0.4, 0.5) is 0 Å². The Morgan fingerprint density at radius 2 is 2.15 bits per heavy atom. The molecule has 0 amide bonds. The van der Waals surface area contributed by atoms with Crippen LogP contribution in [0.25, 0.3) is 0 Å². The van der Waals surface area contributed by atoms with Crippen LogP contribution in [0.15, 0.2) is 36.4 Å². The summed E-state index contributed by atoms with van der Waals surface area (Å²) in [5.41, 5.74) is 1.13. The monoisotopic (exact) mass is 274 g/mol. The molecule has 20 heavy (non-hydrogen) atoms. The van der Waals surface area contributed by atoms with Gasteiger partial charge in [-0.25, -0.2) is 0 Å². The Morgan fingerprint density at radius 3 is 2.75 bits per heavy atom. The van der Waals surface area contributed by atoms with Gasteiger partial charge in [-0.3, -0.25) is 0 Å². The fourth-order valence-corrected chi connectivity index (χ4v) is 2.41. The molecule has 0 radical (unpaired) electrons. The number of hydrogen-bond acceptors (Lipinski definition) is 3. The molecule has 3 nitrogen and oxygen atoms in total. The largest absolute Gasteiger partial charge is 0.465 e. The van der Waals surface area contributed by atoms with Crippen LogP contribution >= 0.6 is 0 Å². The minimum Gasteiger partial charge on any atom is -0.465 e. The first-order valence-corrected chi connectivity index (χ1v) is 7.28.